The Labute approximate surface area is 395 Å². The van der Waals surface area contributed by atoms with E-state index in [1.165, 1.54) is 38.2 Å². The molecule has 12 rings (SSSR count). The van der Waals surface area contributed by atoms with Crippen molar-refractivity contribution in [2.75, 3.05) is 0 Å². The molecular weight excluding hydrogens is 857 g/mol. The van der Waals surface area contributed by atoms with Gasteiger partial charge in [0.05, 0.1) is 5.56 Å². The van der Waals surface area contributed by atoms with Crippen LogP contribution in [0.15, 0.2) is 212 Å². The molecule has 0 radical (unpaired) electrons. The van der Waals surface area contributed by atoms with Crippen LogP contribution < -0.4 is 0 Å². The van der Waals surface area contributed by atoms with Gasteiger partial charge in [0.25, 0.3) is 0 Å². The molecule has 12 aromatic rings. The Morgan fingerprint density at radius 2 is 0.588 bits per heavy atom. The summed E-state index contributed by atoms with van der Waals surface area (Å²) in [5, 5.41) is 60.7. The van der Waals surface area contributed by atoms with E-state index in [2.05, 4.69) is 182 Å². The minimum absolute atomic E-state index is 0.195. The van der Waals surface area contributed by atoms with Crippen molar-refractivity contribution in [2.24, 2.45) is 0 Å². The minimum Gasteiger partial charge on any atom is -0.504 e. The Kier molecular flexibility index (Phi) is 9.71. The Morgan fingerprint density at radius 1 is 0.235 bits per heavy atom. The first-order valence-electron chi connectivity index (χ1n) is 22.4. The molecule has 0 aliphatic rings. The quantitative estimate of drug-likeness (QED) is 0.0623. The van der Waals surface area contributed by atoms with Crippen molar-refractivity contribution in [3.63, 3.8) is 0 Å². The van der Waals surface area contributed by atoms with Crippen LogP contribution in [0, 0.1) is 0 Å². The third-order valence-corrected chi connectivity index (χ3v) is 14.5. The standard InChI is InChI=1S/C62H40O5S/c63-56-54(57(64)59(66)60(67)58(56)65)40-31-29-39(30-32-40)53-55-46-28-16-15-27-45(46)51(52(38-21-9-3-10-22-38)62(55)68-61(53)41-23-11-4-12-24-41)42-33-34-47-48(35-42)50(37-19-7-2-8-20-37)44-26-14-13-25-43(44)49(47)36-17-5-1-6-18-36/h1-35,63-67H. The molecule has 68 heavy (non-hydrogen) atoms. The lowest BCUT2D eigenvalue weighted by Crippen LogP contribution is -1.93. The first-order valence-corrected chi connectivity index (χ1v) is 23.2. The van der Waals surface area contributed by atoms with Gasteiger partial charge in [-0.05, 0) is 94.0 Å². The first-order chi connectivity index (χ1) is 33.4. The van der Waals surface area contributed by atoms with E-state index in [9.17, 15) is 25.5 Å². The van der Waals surface area contributed by atoms with E-state index in [1.807, 2.05) is 18.2 Å². The summed E-state index contributed by atoms with van der Waals surface area (Å²) >= 11 is 1.76. The number of phenolic OH excluding ortho intramolecular Hbond substituents is 5. The average molecular weight is 897 g/mol. The van der Waals surface area contributed by atoms with E-state index in [-0.39, 0.29) is 5.56 Å². The summed E-state index contributed by atoms with van der Waals surface area (Å²) in [4.78, 5) is 1.07. The number of hydrogen-bond donors (Lipinski definition) is 5. The van der Waals surface area contributed by atoms with Gasteiger partial charge in [-0.25, -0.2) is 0 Å². The number of fused-ring (bicyclic) bond motifs is 5. The maximum absolute atomic E-state index is 10.9. The van der Waals surface area contributed by atoms with Gasteiger partial charge in [0.1, 0.15) is 0 Å². The molecule has 0 aliphatic heterocycles. The van der Waals surface area contributed by atoms with Crippen molar-refractivity contribution < 1.29 is 25.5 Å². The van der Waals surface area contributed by atoms with Crippen molar-refractivity contribution in [2.45, 2.75) is 0 Å². The minimum atomic E-state index is -0.996. The number of benzene rings is 11. The van der Waals surface area contributed by atoms with Gasteiger partial charge in [0.2, 0.25) is 17.2 Å². The number of thiophene rings is 1. The van der Waals surface area contributed by atoms with Crippen LogP contribution in [0.4, 0.5) is 0 Å². The maximum atomic E-state index is 10.9. The van der Waals surface area contributed by atoms with E-state index in [4.69, 9.17) is 0 Å². The van der Waals surface area contributed by atoms with Crippen LogP contribution in [0.2, 0.25) is 0 Å². The molecule has 1 aromatic heterocycles. The number of hydrogen-bond acceptors (Lipinski definition) is 6. The van der Waals surface area contributed by atoms with Crippen LogP contribution in [-0.4, -0.2) is 25.5 Å². The highest BCUT2D eigenvalue weighted by atomic mass is 32.1. The Morgan fingerprint density at radius 3 is 1.10 bits per heavy atom. The summed E-state index contributed by atoms with van der Waals surface area (Å²) in [5.74, 6) is -4.31. The van der Waals surface area contributed by atoms with Crippen LogP contribution in [0.1, 0.15) is 0 Å². The summed E-state index contributed by atoms with van der Waals surface area (Å²) in [6.45, 7) is 0. The molecule has 0 fully saturated rings. The second kappa shape index (κ2) is 16.2. The van der Waals surface area contributed by atoms with Crippen molar-refractivity contribution in [3.05, 3.63) is 212 Å². The van der Waals surface area contributed by atoms with Crippen LogP contribution in [0.3, 0.4) is 0 Å². The molecule has 0 unspecified atom stereocenters. The second-order valence-corrected chi connectivity index (χ2v) is 18.0. The fourth-order valence-electron chi connectivity index (χ4n) is 10.2. The Bertz CT molecular complexity index is 3890. The molecule has 6 heteroatoms. The SMILES string of the molecule is Oc1c(O)c(O)c(-c2ccc(-c3c(-c4ccccc4)sc4c(-c5ccccc5)c(-c5ccc6c(-c7ccccc7)c7ccccc7c(-c7ccccc7)c6c5)c5ccccc5c34)cc2)c(O)c1O. The van der Waals surface area contributed by atoms with Crippen LogP contribution >= 0.6 is 11.3 Å². The average Bonchev–Trinajstić information content (AvgIpc) is 3.80. The van der Waals surface area contributed by atoms with Gasteiger partial charge in [-0.15, -0.1) is 11.3 Å². The fraction of sp³-hybridized carbons (Fsp3) is 0. The van der Waals surface area contributed by atoms with Gasteiger partial charge in [-0.3, -0.25) is 0 Å². The highest BCUT2D eigenvalue weighted by Crippen LogP contribution is 2.57. The summed E-state index contributed by atoms with van der Waals surface area (Å²) in [6.07, 6.45) is 0. The number of rotatable bonds is 7. The lowest BCUT2D eigenvalue weighted by atomic mass is 9.82. The molecule has 0 aliphatic carbocycles. The smallest absolute Gasteiger partial charge is 0.208 e. The lowest BCUT2D eigenvalue weighted by Gasteiger charge is -2.21. The monoisotopic (exact) mass is 896 g/mol. The van der Waals surface area contributed by atoms with Gasteiger partial charge in [-0.1, -0.05) is 206 Å². The summed E-state index contributed by atoms with van der Waals surface area (Å²) in [5.41, 5.74) is 12.3. The van der Waals surface area contributed by atoms with E-state index in [0.717, 1.165) is 70.2 Å². The molecule has 5 N–H and O–H groups in total. The Hall–Kier alpha value is -8.84. The van der Waals surface area contributed by atoms with Crippen molar-refractivity contribution in [1.82, 2.24) is 0 Å². The van der Waals surface area contributed by atoms with Crippen molar-refractivity contribution in [1.29, 1.82) is 0 Å². The van der Waals surface area contributed by atoms with E-state index in [0.29, 0.717) is 5.56 Å². The van der Waals surface area contributed by atoms with E-state index < -0.39 is 28.7 Å². The molecule has 5 nitrogen and oxygen atoms in total. The largest absolute Gasteiger partial charge is 0.504 e. The van der Waals surface area contributed by atoms with Gasteiger partial charge in [0.15, 0.2) is 11.5 Å². The summed E-state index contributed by atoms with van der Waals surface area (Å²) in [6, 6.07) is 74.2. The fourth-order valence-corrected chi connectivity index (χ4v) is 11.6. The summed E-state index contributed by atoms with van der Waals surface area (Å²) in [7, 11) is 0. The second-order valence-electron chi connectivity index (χ2n) is 17.0. The highest BCUT2D eigenvalue weighted by molar-refractivity contribution is 7.24. The molecule has 1 heterocycles. The molecule has 324 valence electrons. The Balaban J connectivity index is 1.19. The number of aromatic hydroxyl groups is 5. The topological polar surface area (TPSA) is 101 Å². The maximum Gasteiger partial charge on any atom is 0.208 e. The van der Waals surface area contributed by atoms with Crippen LogP contribution in [-0.2, 0) is 0 Å². The molecule has 0 atom stereocenters. The summed E-state index contributed by atoms with van der Waals surface area (Å²) < 4.78 is 1.12. The van der Waals surface area contributed by atoms with Crippen LogP contribution in [0.5, 0.6) is 28.7 Å². The molecule has 0 bridgehead atoms. The first kappa shape index (κ1) is 40.7. The molecule has 0 spiro atoms. The third kappa shape index (κ3) is 6.38. The molecule has 0 saturated heterocycles. The van der Waals surface area contributed by atoms with Crippen molar-refractivity contribution in [3.8, 4) is 106 Å². The molecule has 0 saturated carbocycles. The zero-order chi connectivity index (χ0) is 46.0. The normalized spacial score (nSPS) is 11.5. The van der Waals surface area contributed by atoms with Gasteiger partial charge >= 0.3 is 0 Å². The third-order valence-electron chi connectivity index (χ3n) is 13.2. The molecule has 11 aromatic carbocycles. The van der Waals surface area contributed by atoms with Crippen molar-refractivity contribution >= 4 is 53.7 Å². The zero-order valence-electron chi connectivity index (χ0n) is 36.4. The van der Waals surface area contributed by atoms with Gasteiger partial charge in [0, 0.05) is 26.1 Å². The van der Waals surface area contributed by atoms with E-state index >= 15 is 0 Å². The number of phenols is 5. The predicted octanol–water partition coefficient (Wildman–Crippen LogP) is 16.6. The predicted molar refractivity (Wildman–Crippen MR) is 281 cm³/mol. The molecular formula is C62H40O5S. The van der Waals surface area contributed by atoms with Gasteiger partial charge in [-0.2, -0.15) is 0 Å². The van der Waals surface area contributed by atoms with Crippen LogP contribution in [0.25, 0.3) is 120 Å². The van der Waals surface area contributed by atoms with E-state index in [1.54, 1.807) is 23.5 Å². The molecule has 0 amide bonds. The van der Waals surface area contributed by atoms with Gasteiger partial charge < -0.3 is 25.5 Å². The zero-order valence-corrected chi connectivity index (χ0v) is 37.2. The highest BCUT2D eigenvalue weighted by Gasteiger charge is 2.28. The lowest BCUT2D eigenvalue weighted by molar-refractivity contribution is 0.330.